The topological polar surface area (TPSA) is 86.5 Å². The van der Waals surface area contributed by atoms with E-state index in [9.17, 15) is 4.21 Å². The molecule has 0 saturated heterocycles. The van der Waals surface area contributed by atoms with Gasteiger partial charge in [0.15, 0.2) is 11.5 Å². The van der Waals surface area contributed by atoms with E-state index in [1.165, 1.54) is 0 Å². The van der Waals surface area contributed by atoms with Gasteiger partial charge < -0.3 is 20.5 Å². The van der Waals surface area contributed by atoms with Crippen LogP contribution in [0.25, 0.3) is 10.9 Å². The van der Waals surface area contributed by atoms with Gasteiger partial charge in [0.1, 0.15) is 0 Å². The summed E-state index contributed by atoms with van der Waals surface area (Å²) in [6.45, 7) is 0.578. The second kappa shape index (κ2) is 7.61. The molecule has 1 atom stereocenters. The van der Waals surface area contributed by atoms with E-state index in [1.807, 2.05) is 36.4 Å². The third kappa shape index (κ3) is 3.57. The lowest BCUT2D eigenvalue weighted by atomic mass is 10.1. The molecule has 0 saturated carbocycles. The monoisotopic (exact) mass is 371 g/mol. The number of fused-ring (bicyclic) bond motifs is 1. The van der Waals surface area contributed by atoms with E-state index in [0.29, 0.717) is 23.7 Å². The Balaban J connectivity index is 1.93. The van der Waals surface area contributed by atoms with Crippen molar-refractivity contribution in [2.45, 2.75) is 11.4 Å². The molecule has 26 heavy (non-hydrogen) atoms. The van der Waals surface area contributed by atoms with E-state index >= 15 is 0 Å². The van der Waals surface area contributed by atoms with Gasteiger partial charge in [0.05, 0.1) is 37.3 Å². The summed E-state index contributed by atoms with van der Waals surface area (Å²) in [6.07, 6.45) is 3.29. The van der Waals surface area contributed by atoms with Crippen LogP contribution < -0.4 is 20.5 Å². The summed E-state index contributed by atoms with van der Waals surface area (Å²) in [5, 5.41) is 4.23. The first-order chi connectivity index (χ1) is 12.5. The van der Waals surface area contributed by atoms with E-state index in [0.717, 1.165) is 27.0 Å². The van der Waals surface area contributed by atoms with Crippen molar-refractivity contribution in [3.05, 3.63) is 48.2 Å². The molecule has 7 heteroatoms. The number of rotatable bonds is 6. The van der Waals surface area contributed by atoms with Crippen molar-refractivity contribution >= 4 is 33.1 Å². The SMILES string of the molecule is COc1cc2ncc(N)c(NCc3ccc(S(C)=O)cc3)c2cc1OC. The molecule has 0 fully saturated rings. The van der Waals surface area contributed by atoms with Gasteiger partial charge in [0.2, 0.25) is 0 Å². The quantitative estimate of drug-likeness (QED) is 0.692. The summed E-state index contributed by atoms with van der Waals surface area (Å²) in [5.74, 6) is 1.23. The molecule has 0 aliphatic carbocycles. The van der Waals surface area contributed by atoms with Crippen molar-refractivity contribution in [1.29, 1.82) is 0 Å². The number of pyridine rings is 1. The number of hydrogen-bond acceptors (Lipinski definition) is 6. The molecule has 136 valence electrons. The zero-order chi connectivity index (χ0) is 18.7. The predicted octanol–water partition coefficient (Wildman–Crippen LogP) is 3.18. The van der Waals surface area contributed by atoms with Gasteiger partial charge >= 0.3 is 0 Å². The van der Waals surface area contributed by atoms with Crippen molar-refractivity contribution in [3.63, 3.8) is 0 Å². The van der Waals surface area contributed by atoms with Crippen molar-refractivity contribution in [2.75, 3.05) is 31.5 Å². The van der Waals surface area contributed by atoms with E-state index < -0.39 is 10.8 Å². The van der Waals surface area contributed by atoms with Crippen LogP contribution >= 0.6 is 0 Å². The maximum atomic E-state index is 11.5. The zero-order valence-corrected chi connectivity index (χ0v) is 15.7. The van der Waals surface area contributed by atoms with Crippen LogP contribution in [0.5, 0.6) is 11.5 Å². The number of ether oxygens (including phenoxy) is 2. The number of nitrogens with two attached hydrogens (primary N) is 1. The van der Waals surface area contributed by atoms with E-state index in [2.05, 4.69) is 10.3 Å². The van der Waals surface area contributed by atoms with Gasteiger partial charge in [-0.1, -0.05) is 12.1 Å². The summed E-state index contributed by atoms with van der Waals surface area (Å²) in [5.41, 5.74) is 9.30. The molecule has 1 unspecified atom stereocenters. The van der Waals surface area contributed by atoms with Gasteiger partial charge in [-0.25, -0.2) is 0 Å². The molecule has 0 bridgehead atoms. The highest BCUT2D eigenvalue weighted by molar-refractivity contribution is 7.84. The smallest absolute Gasteiger partial charge is 0.162 e. The number of nitrogens with zero attached hydrogens (tertiary/aromatic N) is 1. The fourth-order valence-corrected chi connectivity index (χ4v) is 3.24. The molecule has 1 aromatic heterocycles. The lowest BCUT2D eigenvalue weighted by Gasteiger charge is -2.15. The molecule has 1 heterocycles. The van der Waals surface area contributed by atoms with Crippen LogP contribution in [0.1, 0.15) is 5.56 Å². The van der Waals surface area contributed by atoms with Gasteiger partial charge in [-0.3, -0.25) is 9.19 Å². The van der Waals surface area contributed by atoms with E-state index in [1.54, 1.807) is 26.7 Å². The minimum atomic E-state index is -0.981. The fourth-order valence-electron chi connectivity index (χ4n) is 2.72. The summed E-state index contributed by atoms with van der Waals surface area (Å²) in [7, 11) is 2.20. The fraction of sp³-hybridized carbons (Fsp3) is 0.211. The summed E-state index contributed by atoms with van der Waals surface area (Å²) >= 11 is 0. The van der Waals surface area contributed by atoms with Crippen LogP contribution in [0, 0.1) is 0 Å². The molecule has 3 aromatic rings. The molecule has 0 amide bonds. The van der Waals surface area contributed by atoms with Crippen LogP contribution in [-0.2, 0) is 17.3 Å². The molecule has 6 nitrogen and oxygen atoms in total. The Morgan fingerprint density at radius 1 is 1.12 bits per heavy atom. The van der Waals surface area contributed by atoms with Crippen LogP contribution in [0.15, 0.2) is 47.5 Å². The van der Waals surface area contributed by atoms with Gasteiger partial charge in [0, 0.05) is 39.9 Å². The number of benzene rings is 2. The first kappa shape index (κ1) is 18.0. The standard InChI is InChI=1S/C19H21N3O3S/c1-24-17-8-14-16(9-18(17)25-2)21-11-15(20)19(14)22-10-12-4-6-13(7-5-12)26(3)23/h4-9,11H,10,20H2,1-3H3,(H,21,22). The third-order valence-electron chi connectivity index (χ3n) is 4.13. The molecule has 0 radical (unpaired) electrons. The lowest BCUT2D eigenvalue weighted by molar-refractivity contribution is 0.356. The second-order valence-electron chi connectivity index (χ2n) is 5.76. The van der Waals surface area contributed by atoms with Crippen molar-refractivity contribution in [1.82, 2.24) is 4.98 Å². The highest BCUT2D eigenvalue weighted by Crippen LogP contribution is 2.36. The average molecular weight is 371 g/mol. The lowest BCUT2D eigenvalue weighted by Crippen LogP contribution is -2.04. The number of nitrogen functional groups attached to an aromatic ring is 1. The molecular formula is C19H21N3O3S. The van der Waals surface area contributed by atoms with Gasteiger partial charge in [-0.15, -0.1) is 0 Å². The molecule has 0 spiro atoms. The number of methoxy groups -OCH3 is 2. The Morgan fingerprint density at radius 3 is 2.38 bits per heavy atom. The highest BCUT2D eigenvalue weighted by atomic mass is 32.2. The van der Waals surface area contributed by atoms with Crippen molar-refractivity contribution < 1.29 is 13.7 Å². The number of aromatic nitrogens is 1. The number of hydrogen-bond donors (Lipinski definition) is 2. The Morgan fingerprint density at radius 2 is 1.77 bits per heavy atom. The molecule has 3 N–H and O–H groups in total. The molecule has 2 aromatic carbocycles. The Hall–Kier alpha value is -2.80. The minimum Gasteiger partial charge on any atom is -0.493 e. The summed E-state index contributed by atoms with van der Waals surface area (Å²) < 4.78 is 22.2. The van der Waals surface area contributed by atoms with Gasteiger partial charge in [-0.2, -0.15) is 0 Å². The highest BCUT2D eigenvalue weighted by Gasteiger charge is 2.12. The number of anilines is 2. The van der Waals surface area contributed by atoms with Crippen LogP contribution in [-0.4, -0.2) is 29.7 Å². The minimum absolute atomic E-state index is 0.552. The zero-order valence-electron chi connectivity index (χ0n) is 14.9. The summed E-state index contributed by atoms with van der Waals surface area (Å²) in [4.78, 5) is 5.18. The van der Waals surface area contributed by atoms with Crippen LogP contribution in [0.3, 0.4) is 0 Å². The van der Waals surface area contributed by atoms with Crippen molar-refractivity contribution in [2.24, 2.45) is 0 Å². The van der Waals surface area contributed by atoms with E-state index in [-0.39, 0.29) is 0 Å². The van der Waals surface area contributed by atoms with Crippen LogP contribution in [0.2, 0.25) is 0 Å². The number of nitrogens with one attached hydrogen (secondary N) is 1. The predicted molar refractivity (Wildman–Crippen MR) is 105 cm³/mol. The Kier molecular flexibility index (Phi) is 5.27. The normalized spacial score (nSPS) is 12.0. The van der Waals surface area contributed by atoms with Crippen LogP contribution in [0.4, 0.5) is 11.4 Å². The maximum absolute atomic E-state index is 11.5. The maximum Gasteiger partial charge on any atom is 0.162 e. The second-order valence-corrected chi connectivity index (χ2v) is 7.14. The first-order valence-electron chi connectivity index (χ1n) is 8.00. The Labute approximate surface area is 154 Å². The molecular weight excluding hydrogens is 350 g/mol. The third-order valence-corrected chi connectivity index (χ3v) is 5.06. The average Bonchev–Trinajstić information content (AvgIpc) is 2.66. The van der Waals surface area contributed by atoms with Gasteiger partial charge in [-0.05, 0) is 23.8 Å². The molecule has 3 rings (SSSR count). The van der Waals surface area contributed by atoms with E-state index in [4.69, 9.17) is 15.2 Å². The largest absolute Gasteiger partial charge is 0.493 e. The Bertz CT molecular complexity index is 958. The van der Waals surface area contributed by atoms with Gasteiger partial charge in [0.25, 0.3) is 0 Å². The molecule has 0 aliphatic rings. The first-order valence-corrected chi connectivity index (χ1v) is 9.55. The van der Waals surface area contributed by atoms with Crippen molar-refractivity contribution in [3.8, 4) is 11.5 Å². The summed E-state index contributed by atoms with van der Waals surface area (Å²) in [6, 6.07) is 11.3. The molecule has 0 aliphatic heterocycles.